The molecule has 0 aliphatic carbocycles. The average Bonchev–Trinajstić information content (AvgIpc) is 2.64. The van der Waals surface area contributed by atoms with Gasteiger partial charge < -0.3 is 10.1 Å². The summed E-state index contributed by atoms with van der Waals surface area (Å²) >= 11 is 0. The maximum atomic E-state index is 12.6. The van der Waals surface area contributed by atoms with Crippen LogP contribution in [0.2, 0.25) is 0 Å². The summed E-state index contributed by atoms with van der Waals surface area (Å²) in [5, 5.41) is 2.88. The number of rotatable bonds is 7. The predicted molar refractivity (Wildman–Crippen MR) is 117 cm³/mol. The normalized spacial score (nSPS) is 12.9. The molecule has 1 unspecified atom stereocenters. The molecule has 0 fully saturated rings. The molecule has 1 atom stereocenters. The van der Waals surface area contributed by atoms with E-state index in [9.17, 15) is 13.2 Å². The molecule has 0 heterocycles. The standard InChI is InChI=1S/C22H30N2O4S/c1-16(17-10-12-18(13-11-17)22(2,3)4)23-21(25)15-24(29(6,26)27)19-8-7-9-20(14-19)28-5/h7-14,16H,15H2,1-6H3,(H,23,25). The highest BCUT2D eigenvalue weighted by Gasteiger charge is 2.22. The first kappa shape index (κ1) is 22.7. The molecular formula is C22H30N2O4S. The van der Waals surface area contributed by atoms with Crippen LogP contribution in [0, 0.1) is 0 Å². The lowest BCUT2D eigenvalue weighted by atomic mass is 9.86. The zero-order valence-corrected chi connectivity index (χ0v) is 18.7. The van der Waals surface area contributed by atoms with Crippen LogP contribution >= 0.6 is 0 Å². The molecule has 2 rings (SSSR count). The number of sulfonamides is 1. The fraction of sp³-hybridized carbons (Fsp3) is 0.409. The van der Waals surface area contributed by atoms with E-state index in [-0.39, 0.29) is 23.9 Å². The van der Waals surface area contributed by atoms with Crippen LogP contribution in [0.25, 0.3) is 0 Å². The monoisotopic (exact) mass is 418 g/mol. The molecule has 0 saturated heterocycles. The van der Waals surface area contributed by atoms with Gasteiger partial charge in [0.05, 0.1) is 25.1 Å². The van der Waals surface area contributed by atoms with Crippen molar-refractivity contribution in [2.24, 2.45) is 0 Å². The lowest BCUT2D eigenvalue weighted by Crippen LogP contribution is -2.41. The van der Waals surface area contributed by atoms with E-state index in [0.29, 0.717) is 11.4 Å². The van der Waals surface area contributed by atoms with Crippen molar-refractivity contribution in [3.8, 4) is 5.75 Å². The average molecular weight is 419 g/mol. The highest BCUT2D eigenvalue weighted by atomic mass is 32.2. The van der Waals surface area contributed by atoms with Crippen LogP contribution < -0.4 is 14.4 Å². The summed E-state index contributed by atoms with van der Waals surface area (Å²) in [7, 11) is -2.14. The summed E-state index contributed by atoms with van der Waals surface area (Å²) in [5.74, 6) is 0.134. The van der Waals surface area contributed by atoms with Gasteiger partial charge in [-0.15, -0.1) is 0 Å². The van der Waals surface area contributed by atoms with E-state index < -0.39 is 10.0 Å². The zero-order valence-electron chi connectivity index (χ0n) is 17.9. The van der Waals surface area contributed by atoms with Gasteiger partial charge in [-0.05, 0) is 35.6 Å². The zero-order chi connectivity index (χ0) is 21.8. The Kier molecular flexibility index (Phi) is 6.95. The Morgan fingerprint density at radius 3 is 2.28 bits per heavy atom. The third-order valence-corrected chi connectivity index (χ3v) is 5.82. The minimum Gasteiger partial charge on any atom is -0.497 e. The first-order valence-corrected chi connectivity index (χ1v) is 11.3. The maximum absolute atomic E-state index is 12.6. The molecule has 1 N–H and O–H groups in total. The Bertz CT molecular complexity index is 948. The van der Waals surface area contributed by atoms with Gasteiger partial charge in [-0.3, -0.25) is 9.10 Å². The van der Waals surface area contributed by atoms with Crippen LogP contribution in [0.1, 0.15) is 44.9 Å². The number of hydrogen-bond acceptors (Lipinski definition) is 4. The van der Waals surface area contributed by atoms with Crippen molar-refractivity contribution in [3.63, 3.8) is 0 Å². The highest BCUT2D eigenvalue weighted by molar-refractivity contribution is 7.92. The second-order valence-electron chi connectivity index (χ2n) is 8.13. The second-order valence-corrected chi connectivity index (χ2v) is 10.0. The minimum atomic E-state index is -3.64. The maximum Gasteiger partial charge on any atom is 0.241 e. The quantitative estimate of drug-likeness (QED) is 0.745. The van der Waals surface area contributed by atoms with Crippen molar-refractivity contribution in [3.05, 3.63) is 59.7 Å². The molecule has 0 spiro atoms. The van der Waals surface area contributed by atoms with Crippen LogP contribution in [-0.4, -0.2) is 34.2 Å². The summed E-state index contributed by atoms with van der Waals surface area (Å²) in [4.78, 5) is 12.6. The van der Waals surface area contributed by atoms with Crippen LogP contribution in [0.5, 0.6) is 5.75 Å². The van der Waals surface area contributed by atoms with Crippen molar-refractivity contribution >= 4 is 21.6 Å². The number of hydrogen-bond donors (Lipinski definition) is 1. The van der Waals surface area contributed by atoms with Crippen molar-refractivity contribution in [1.82, 2.24) is 5.32 Å². The molecule has 1 amide bonds. The molecular weight excluding hydrogens is 388 g/mol. The molecule has 0 bridgehead atoms. The number of nitrogens with zero attached hydrogens (tertiary/aromatic N) is 1. The highest BCUT2D eigenvalue weighted by Crippen LogP contribution is 2.25. The Labute approximate surface area is 173 Å². The molecule has 29 heavy (non-hydrogen) atoms. The van der Waals surface area contributed by atoms with E-state index in [2.05, 4.69) is 38.2 Å². The third kappa shape index (κ3) is 6.22. The molecule has 0 aliphatic rings. The van der Waals surface area contributed by atoms with Crippen molar-refractivity contribution in [2.45, 2.75) is 39.2 Å². The molecule has 6 nitrogen and oxygen atoms in total. The van der Waals surface area contributed by atoms with Gasteiger partial charge in [-0.2, -0.15) is 0 Å². The molecule has 2 aromatic rings. The molecule has 7 heteroatoms. The Morgan fingerprint density at radius 2 is 1.76 bits per heavy atom. The van der Waals surface area contributed by atoms with Crippen LogP contribution in [0.15, 0.2) is 48.5 Å². The van der Waals surface area contributed by atoms with Gasteiger partial charge in [0, 0.05) is 6.07 Å². The Balaban J connectivity index is 2.13. The SMILES string of the molecule is COc1cccc(N(CC(=O)NC(C)c2ccc(C(C)(C)C)cc2)S(C)(=O)=O)c1. The van der Waals surface area contributed by atoms with Crippen molar-refractivity contribution in [2.75, 3.05) is 24.2 Å². The minimum absolute atomic E-state index is 0.0533. The van der Waals surface area contributed by atoms with Gasteiger partial charge in [-0.25, -0.2) is 8.42 Å². The predicted octanol–water partition coefficient (Wildman–Crippen LogP) is 3.64. The largest absolute Gasteiger partial charge is 0.497 e. The van der Waals surface area contributed by atoms with Gasteiger partial charge in [0.25, 0.3) is 0 Å². The summed E-state index contributed by atoms with van der Waals surface area (Å²) < 4.78 is 30.7. The van der Waals surface area contributed by atoms with Gasteiger partial charge in [0.1, 0.15) is 12.3 Å². The van der Waals surface area contributed by atoms with E-state index in [0.717, 1.165) is 16.1 Å². The molecule has 0 saturated carbocycles. The topological polar surface area (TPSA) is 75.7 Å². The first-order valence-electron chi connectivity index (χ1n) is 9.43. The number of ether oxygens (including phenoxy) is 1. The lowest BCUT2D eigenvalue weighted by molar-refractivity contribution is -0.120. The molecule has 0 aliphatic heterocycles. The Morgan fingerprint density at radius 1 is 1.14 bits per heavy atom. The summed E-state index contributed by atoms with van der Waals surface area (Å²) in [5.41, 5.74) is 2.60. The van der Waals surface area contributed by atoms with E-state index in [4.69, 9.17) is 4.74 Å². The fourth-order valence-corrected chi connectivity index (χ4v) is 3.79. The number of methoxy groups -OCH3 is 1. The van der Waals surface area contributed by atoms with Gasteiger partial charge >= 0.3 is 0 Å². The Hall–Kier alpha value is -2.54. The van der Waals surface area contributed by atoms with Crippen molar-refractivity contribution in [1.29, 1.82) is 0 Å². The van der Waals surface area contributed by atoms with Gasteiger partial charge in [0.15, 0.2) is 0 Å². The second kappa shape index (κ2) is 8.86. The molecule has 0 radical (unpaired) electrons. The number of benzene rings is 2. The number of carbonyl (C=O) groups is 1. The smallest absolute Gasteiger partial charge is 0.241 e. The van der Waals surface area contributed by atoms with E-state index >= 15 is 0 Å². The van der Waals surface area contributed by atoms with E-state index in [1.165, 1.54) is 12.7 Å². The number of amides is 1. The summed E-state index contributed by atoms with van der Waals surface area (Å²) in [6.07, 6.45) is 1.08. The number of nitrogens with one attached hydrogen (secondary N) is 1. The first-order chi connectivity index (χ1) is 13.4. The molecule has 158 valence electrons. The number of anilines is 1. The molecule has 0 aromatic heterocycles. The van der Waals surface area contributed by atoms with Crippen LogP contribution in [0.4, 0.5) is 5.69 Å². The van der Waals surface area contributed by atoms with Crippen LogP contribution in [-0.2, 0) is 20.2 Å². The number of carbonyl (C=O) groups excluding carboxylic acids is 1. The fourth-order valence-electron chi connectivity index (χ4n) is 2.94. The van der Waals surface area contributed by atoms with E-state index in [1.54, 1.807) is 24.3 Å². The van der Waals surface area contributed by atoms with Crippen molar-refractivity contribution < 1.29 is 17.9 Å². The summed E-state index contributed by atoms with van der Waals surface area (Å²) in [6.45, 7) is 8.00. The summed E-state index contributed by atoms with van der Waals surface area (Å²) in [6, 6.07) is 14.5. The van der Waals surface area contributed by atoms with Gasteiger partial charge in [-0.1, -0.05) is 51.1 Å². The lowest BCUT2D eigenvalue weighted by Gasteiger charge is -2.24. The van der Waals surface area contributed by atoms with Crippen LogP contribution in [0.3, 0.4) is 0 Å². The van der Waals surface area contributed by atoms with E-state index in [1.807, 2.05) is 19.1 Å². The van der Waals surface area contributed by atoms with Gasteiger partial charge in [0.2, 0.25) is 15.9 Å². The third-order valence-electron chi connectivity index (χ3n) is 4.68. The molecule has 2 aromatic carbocycles.